The van der Waals surface area contributed by atoms with E-state index in [1.54, 1.807) is 0 Å². The summed E-state index contributed by atoms with van der Waals surface area (Å²) in [7, 11) is 2.12. The minimum Gasteiger partial charge on any atom is -0.313 e. The van der Waals surface area contributed by atoms with Crippen molar-refractivity contribution >= 4 is 27.8 Å². The number of fused-ring (bicyclic) bond motifs is 14. The molecule has 2 aromatic heterocycles. The van der Waals surface area contributed by atoms with Crippen LogP contribution in [0.15, 0.2) is 109 Å². The van der Waals surface area contributed by atoms with Gasteiger partial charge in [-0.1, -0.05) is 91.0 Å². The lowest BCUT2D eigenvalue weighted by molar-refractivity contribution is 0.974. The second kappa shape index (κ2) is 6.71. The van der Waals surface area contributed by atoms with E-state index in [1.807, 2.05) is 0 Å². The monoisotopic (exact) mass is 447 g/mol. The second-order valence-corrected chi connectivity index (χ2v) is 9.29. The molecule has 0 saturated carbocycles. The van der Waals surface area contributed by atoms with E-state index in [0.29, 0.717) is 0 Å². The van der Waals surface area contributed by atoms with Crippen molar-refractivity contribution in [1.82, 2.24) is 14.0 Å². The smallest absolute Gasteiger partial charge is 0.215 e. The van der Waals surface area contributed by atoms with Crippen LogP contribution in [0.5, 0.6) is 0 Å². The zero-order valence-corrected chi connectivity index (χ0v) is 19.2. The standard InChI is InChI=1S/C32H21N3/c1-34-29-19-18-26-24-14-5-4-12-22(24)20-10-2-3-11-21(20)23-13-6-7-15-25(23)30(26)31(29)35-28-17-9-8-16-27(28)33-32(34)35/h2-19H,1H3. The number of aryl methyl sites for hydroxylation is 1. The van der Waals surface area contributed by atoms with Gasteiger partial charge in [0.15, 0.2) is 0 Å². The van der Waals surface area contributed by atoms with Gasteiger partial charge < -0.3 is 4.57 Å². The molecule has 0 radical (unpaired) electrons. The average molecular weight is 448 g/mol. The number of benzene rings is 5. The van der Waals surface area contributed by atoms with E-state index in [4.69, 9.17) is 4.98 Å². The van der Waals surface area contributed by atoms with Crippen molar-refractivity contribution in [3.05, 3.63) is 109 Å². The summed E-state index contributed by atoms with van der Waals surface area (Å²) in [5.41, 5.74) is 14.6. The molecule has 0 aliphatic heterocycles. The lowest BCUT2D eigenvalue weighted by atomic mass is 9.80. The average Bonchev–Trinajstić information content (AvgIpc) is 3.43. The molecule has 8 rings (SSSR count). The molecule has 0 saturated heterocycles. The first-order valence-corrected chi connectivity index (χ1v) is 12.0. The Balaban J connectivity index is 1.67. The van der Waals surface area contributed by atoms with Crippen LogP contribution in [-0.4, -0.2) is 14.0 Å². The molecular formula is C32H21N3. The van der Waals surface area contributed by atoms with E-state index in [1.165, 1.54) is 55.5 Å². The molecule has 2 heterocycles. The summed E-state index contributed by atoms with van der Waals surface area (Å²) < 4.78 is 4.56. The fourth-order valence-electron chi connectivity index (χ4n) is 5.98. The van der Waals surface area contributed by atoms with Crippen LogP contribution in [0.3, 0.4) is 0 Å². The summed E-state index contributed by atoms with van der Waals surface area (Å²) in [6.07, 6.45) is 0. The highest BCUT2D eigenvalue weighted by Crippen LogP contribution is 2.50. The van der Waals surface area contributed by atoms with Gasteiger partial charge in [0.1, 0.15) is 0 Å². The number of hydrogen-bond acceptors (Lipinski definition) is 1. The van der Waals surface area contributed by atoms with E-state index >= 15 is 0 Å². The summed E-state index contributed by atoms with van der Waals surface area (Å²) >= 11 is 0. The van der Waals surface area contributed by atoms with Crippen molar-refractivity contribution in [3.63, 3.8) is 0 Å². The number of nitrogens with zero attached hydrogens (tertiary/aromatic N) is 3. The first-order valence-electron chi connectivity index (χ1n) is 12.0. The molecule has 0 atom stereocenters. The van der Waals surface area contributed by atoms with Gasteiger partial charge in [0.05, 0.1) is 22.1 Å². The zero-order valence-electron chi connectivity index (χ0n) is 19.2. The van der Waals surface area contributed by atoms with Gasteiger partial charge in [-0.2, -0.15) is 0 Å². The van der Waals surface area contributed by atoms with Crippen LogP contribution in [0.4, 0.5) is 0 Å². The van der Waals surface area contributed by atoms with E-state index < -0.39 is 0 Å². The van der Waals surface area contributed by atoms with Crippen LogP contribution in [-0.2, 0) is 7.05 Å². The zero-order chi connectivity index (χ0) is 23.1. The maximum Gasteiger partial charge on any atom is 0.215 e. The van der Waals surface area contributed by atoms with Gasteiger partial charge in [-0.25, -0.2) is 4.98 Å². The van der Waals surface area contributed by atoms with E-state index in [-0.39, 0.29) is 0 Å². The highest BCUT2D eigenvalue weighted by Gasteiger charge is 2.26. The number of rotatable bonds is 0. The third-order valence-electron chi connectivity index (χ3n) is 7.51. The van der Waals surface area contributed by atoms with Crippen molar-refractivity contribution in [1.29, 1.82) is 0 Å². The molecule has 0 unspecified atom stereocenters. The number of aromatic nitrogens is 3. The SMILES string of the molecule is Cn1c2ccc3c(c2n2c4ccccc4nc12)-c1ccccc1-c1ccccc1-c1ccccc1-3. The Morgan fingerprint density at radius 1 is 0.486 bits per heavy atom. The van der Waals surface area contributed by atoms with Gasteiger partial charge in [0.2, 0.25) is 5.78 Å². The Hall–Kier alpha value is -4.63. The van der Waals surface area contributed by atoms with Crippen molar-refractivity contribution in [2.75, 3.05) is 0 Å². The highest BCUT2D eigenvalue weighted by atomic mass is 15.2. The van der Waals surface area contributed by atoms with E-state index in [9.17, 15) is 0 Å². The number of imidazole rings is 2. The van der Waals surface area contributed by atoms with Crippen molar-refractivity contribution in [3.8, 4) is 44.5 Å². The predicted octanol–water partition coefficient (Wildman–Crippen LogP) is 7.96. The van der Waals surface area contributed by atoms with Crippen LogP contribution in [0, 0.1) is 0 Å². The molecule has 164 valence electrons. The summed E-state index contributed by atoms with van der Waals surface area (Å²) in [5, 5.41) is 0. The molecule has 0 amide bonds. The van der Waals surface area contributed by atoms with Gasteiger partial charge >= 0.3 is 0 Å². The Bertz CT molecular complexity index is 1960. The van der Waals surface area contributed by atoms with Gasteiger partial charge in [0, 0.05) is 12.6 Å². The second-order valence-electron chi connectivity index (χ2n) is 9.29. The Labute approximate surface area is 202 Å². The molecule has 3 heteroatoms. The minimum atomic E-state index is 0.961. The molecule has 0 spiro atoms. The highest BCUT2D eigenvalue weighted by molar-refractivity contribution is 6.11. The summed E-state index contributed by atoms with van der Waals surface area (Å²) in [6, 6.07) is 39.4. The summed E-state index contributed by atoms with van der Waals surface area (Å²) in [4.78, 5) is 5.00. The molecule has 0 fully saturated rings. The third kappa shape index (κ3) is 2.37. The maximum atomic E-state index is 5.00. The predicted molar refractivity (Wildman–Crippen MR) is 144 cm³/mol. The van der Waals surface area contributed by atoms with Gasteiger partial charge in [-0.15, -0.1) is 0 Å². The molecular weight excluding hydrogens is 426 g/mol. The molecule has 0 N–H and O–H groups in total. The largest absolute Gasteiger partial charge is 0.313 e. The summed E-state index contributed by atoms with van der Waals surface area (Å²) in [6.45, 7) is 0. The quantitative estimate of drug-likeness (QED) is 0.231. The Morgan fingerprint density at radius 3 is 1.66 bits per heavy atom. The first-order chi connectivity index (χ1) is 17.3. The Morgan fingerprint density at radius 2 is 1.00 bits per heavy atom. The molecule has 35 heavy (non-hydrogen) atoms. The fourth-order valence-corrected chi connectivity index (χ4v) is 5.98. The first kappa shape index (κ1) is 18.8. The lowest BCUT2D eigenvalue weighted by Gasteiger charge is -2.23. The number of hydrogen-bond donors (Lipinski definition) is 0. The lowest BCUT2D eigenvalue weighted by Crippen LogP contribution is -1.98. The topological polar surface area (TPSA) is 22.2 Å². The Kier molecular flexibility index (Phi) is 3.59. The van der Waals surface area contributed by atoms with Crippen molar-refractivity contribution < 1.29 is 0 Å². The van der Waals surface area contributed by atoms with Crippen molar-refractivity contribution in [2.45, 2.75) is 0 Å². The van der Waals surface area contributed by atoms with Crippen LogP contribution < -0.4 is 0 Å². The molecule has 0 bridgehead atoms. The number of para-hydroxylation sites is 2. The summed E-state index contributed by atoms with van der Waals surface area (Å²) in [5.74, 6) is 0.961. The molecule has 3 nitrogen and oxygen atoms in total. The molecule has 1 aliphatic rings. The van der Waals surface area contributed by atoms with Crippen LogP contribution in [0.1, 0.15) is 0 Å². The van der Waals surface area contributed by atoms with E-state index in [2.05, 4.69) is 125 Å². The normalized spacial score (nSPS) is 12.1. The van der Waals surface area contributed by atoms with Gasteiger partial charge in [0.25, 0.3) is 0 Å². The molecule has 5 aromatic carbocycles. The fraction of sp³-hybridized carbons (Fsp3) is 0.0312. The van der Waals surface area contributed by atoms with Crippen LogP contribution in [0.25, 0.3) is 72.4 Å². The van der Waals surface area contributed by atoms with Crippen LogP contribution >= 0.6 is 0 Å². The maximum absolute atomic E-state index is 5.00. The van der Waals surface area contributed by atoms with Gasteiger partial charge in [-0.05, 0) is 57.1 Å². The van der Waals surface area contributed by atoms with Crippen molar-refractivity contribution in [2.24, 2.45) is 7.05 Å². The molecule has 7 aromatic rings. The molecule has 1 aliphatic carbocycles. The van der Waals surface area contributed by atoms with Gasteiger partial charge in [-0.3, -0.25) is 4.40 Å². The van der Waals surface area contributed by atoms with E-state index in [0.717, 1.165) is 16.8 Å². The minimum absolute atomic E-state index is 0.961. The van der Waals surface area contributed by atoms with Crippen LogP contribution in [0.2, 0.25) is 0 Å². The third-order valence-corrected chi connectivity index (χ3v) is 7.51.